The summed E-state index contributed by atoms with van der Waals surface area (Å²) in [5.74, 6) is -0.0163. The average Bonchev–Trinajstić information content (AvgIpc) is 2.42. The van der Waals surface area contributed by atoms with Gasteiger partial charge in [0.1, 0.15) is 0 Å². The molecule has 21 heavy (non-hydrogen) atoms. The Morgan fingerprint density at radius 1 is 1.05 bits per heavy atom. The van der Waals surface area contributed by atoms with Gasteiger partial charge in [0.05, 0.1) is 0 Å². The second-order valence-corrected chi connectivity index (χ2v) is 6.04. The monoisotopic (exact) mass is 343 g/mol. The lowest BCUT2D eigenvalue weighted by atomic mass is 10.1. The summed E-state index contributed by atoms with van der Waals surface area (Å²) in [7, 11) is 0. The molecular weight excluding hydrogens is 326 g/mol. The van der Waals surface area contributed by atoms with Crippen molar-refractivity contribution < 1.29 is 4.79 Å². The number of carbonyl (C=O) groups excluding carboxylic acids is 1. The predicted octanol–water partition coefficient (Wildman–Crippen LogP) is 5.18. The predicted molar refractivity (Wildman–Crippen MR) is 91.9 cm³/mol. The van der Waals surface area contributed by atoms with Crippen LogP contribution < -0.4 is 5.32 Å². The molecule has 0 spiro atoms. The number of aryl methyl sites for hydroxylation is 3. The van der Waals surface area contributed by atoms with Gasteiger partial charge < -0.3 is 5.32 Å². The molecule has 0 fully saturated rings. The van der Waals surface area contributed by atoms with Crippen molar-refractivity contribution in [2.24, 2.45) is 0 Å². The third kappa shape index (κ3) is 4.05. The van der Waals surface area contributed by atoms with Crippen molar-refractivity contribution in [3.63, 3.8) is 0 Å². The summed E-state index contributed by atoms with van der Waals surface area (Å²) in [6.07, 6.45) is 3.26. The quantitative estimate of drug-likeness (QED) is 0.611. The molecule has 0 saturated carbocycles. The third-order valence-corrected chi connectivity index (χ3v) is 3.80. The molecule has 108 valence electrons. The molecular formula is C18H18BrNO. The second kappa shape index (κ2) is 6.72. The largest absolute Gasteiger partial charge is 0.361 e. The van der Waals surface area contributed by atoms with Crippen molar-refractivity contribution in [3.8, 4) is 0 Å². The molecule has 3 heteroatoms. The molecule has 1 N–H and O–H groups in total. The van der Waals surface area contributed by atoms with E-state index in [1.54, 1.807) is 24.4 Å². The zero-order valence-electron chi connectivity index (χ0n) is 12.4. The molecule has 0 amide bonds. The minimum Gasteiger partial charge on any atom is -0.361 e. The van der Waals surface area contributed by atoms with Crippen LogP contribution in [0.3, 0.4) is 0 Å². The highest BCUT2D eigenvalue weighted by Crippen LogP contribution is 2.21. The van der Waals surface area contributed by atoms with Crippen LogP contribution in [0.1, 0.15) is 27.0 Å². The van der Waals surface area contributed by atoms with E-state index in [1.807, 2.05) is 12.1 Å². The smallest absolute Gasteiger partial charge is 0.187 e. The van der Waals surface area contributed by atoms with Gasteiger partial charge in [-0.2, -0.15) is 0 Å². The third-order valence-electron chi connectivity index (χ3n) is 3.27. The van der Waals surface area contributed by atoms with Crippen LogP contribution in [0.2, 0.25) is 0 Å². The Morgan fingerprint density at radius 3 is 2.19 bits per heavy atom. The summed E-state index contributed by atoms with van der Waals surface area (Å²) in [6, 6.07) is 11.6. The van der Waals surface area contributed by atoms with Crippen molar-refractivity contribution in [3.05, 3.63) is 75.4 Å². The zero-order chi connectivity index (χ0) is 15.4. The average molecular weight is 344 g/mol. The number of hydrogen-bond donors (Lipinski definition) is 1. The molecule has 2 nitrogen and oxygen atoms in total. The summed E-state index contributed by atoms with van der Waals surface area (Å²) in [5, 5.41) is 3.21. The van der Waals surface area contributed by atoms with Crippen molar-refractivity contribution in [2.75, 3.05) is 5.32 Å². The van der Waals surface area contributed by atoms with Crippen LogP contribution in [0.5, 0.6) is 0 Å². The normalized spacial score (nSPS) is 10.9. The molecule has 0 bridgehead atoms. The molecule has 0 heterocycles. The number of hydrogen-bond acceptors (Lipinski definition) is 2. The van der Waals surface area contributed by atoms with Gasteiger partial charge in [0.2, 0.25) is 0 Å². The van der Waals surface area contributed by atoms with E-state index in [-0.39, 0.29) is 5.78 Å². The Bertz CT molecular complexity index is 664. The number of carbonyl (C=O) groups is 1. The van der Waals surface area contributed by atoms with Gasteiger partial charge in [0, 0.05) is 28.0 Å². The van der Waals surface area contributed by atoms with E-state index in [0.717, 1.165) is 10.2 Å². The maximum atomic E-state index is 12.0. The lowest BCUT2D eigenvalue weighted by Crippen LogP contribution is -1.98. The lowest BCUT2D eigenvalue weighted by Gasteiger charge is -2.10. The van der Waals surface area contributed by atoms with E-state index in [0.29, 0.717) is 5.56 Å². The first-order valence-electron chi connectivity index (χ1n) is 6.78. The molecule has 2 aromatic carbocycles. The Hall–Kier alpha value is -1.87. The van der Waals surface area contributed by atoms with Gasteiger partial charge in [-0.3, -0.25) is 4.79 Å². The van der Waals surface area contributed by atoms with Gasteiger partial charge in [0.25, 0.3) is 0 Å². The Labute approximate surface area is 134 Å². The van der Waals surface area contributed by atoms with Gasteiger partial charge in [-0.25, -0.2) is 0 Å². The maximum Gasteiger partial charge on any atom is 0.187 e. The molecule has 0 aromatic heterocycles. The summed E-state index contributed by atoms with van der Waals surface area (Å²) in [6.45, 7) is 6.20. The number of allylic oxidation sites excluding steroid dienone is 1. The minimum atomic E-state index is -0.0163. The van der Waals surface area contributed by atoms with Crippen LogP contribution in [-0.2, 0) is 0 Å². The van der Waals surface area contributed by atoms with E-state index < -0.39 is 0 Å². The van der Waals surface area contributed by atoms with Gasteiger partial charge in [0.15, 0.2) is 5.78 Å². The van der Waals surface area contributed by atoms with E-state index in [9.17, 15) is 4.79 Å². The summed E-state index contributed by atoms with van der Waals surface area (Å²) in [5.41, 5.74) is 5.32. The molecule has 0 saturated heterocycles. The van der Waals surface area contributed by atoms with Crippen LogP contribution in [0.25, 0.3) is 0 Å². The first-order valence-corrected chi connectivity index (χ1v) is 7.57. The lowest BCUT2D eigenvalue weighted by molar-refractivity contribution is 0.104. The topological polar surface area (TPSA) is 29.1 Å². The maximum absolute atomic E-state index is 12.0. The van der Waals surface area contributed by atoms with Gasteiger partial charge in [-0.05, 0) is 56.2 Å². The highest BCUT2D eigenvalue weighted by atomic mass is 79.9. The van der Waals surface area contributed by atoms with Crippen molar-refractivity contribution in [2.45, 2.75) is 20.8 Å². The van der Waals surface area contributed by atoms with E-state index in [4.69, 9.17) is 0 Å². The second-order valence-electron chi connectivity index (χ2n) is 5.12. The summed E-state index contributed by atoms with van der Waals surface area (Å²) in [4.78, 5) is 12.0. The molecule has 2 rings (SSSR count). The fourth-order valence-electron chi connectivity index (χ4n) is 2.32. The molecule has 2 aromatic rings. The van der Waals surface area contributed by atoms with Crippen LogP contribution >= 0.6 is 15.9 Å². The molecule has 0 aliphatic carbocycles. The Balaban J connectivity index is 2.09. The fraction of sp³-hybridized carbons (Fsp3) is 0.167. The first kappa shape index (κ1) is 15.5. The Kier molecular flexibility index (Phi) is 4.97. The van der Waals surface area contributed by atoms with Crippen molar-refractivity contribution in [1.82, 2.24) is 0 Å². The highest BCUT2D eigenvalue weighted by Gasteiger charge is 2.03. The number of halogens is 1. The number of nitrogens with one attached hydrogen (secondary N) is 1. The van der Waals surface area contributed by atoms with Crippen LogP contribution in [0, 0.1) is 20.8 Å². The SMILES string of the molecule is Cc1cc(C)c(N/C=C/C(=O)c2ccc(Br)cc2)c(C)c1. The number of benzene rings is 2. The fourth-order valence-corrected chi connectivity index (χ4v) is 2.58. The zero-order valence-corrected chi connectivity index (χ0v) is 14.0. The molecule has 0 atom stereocenters. The van der Waals surface area contributed by atoms with Gasteiger partial charge in [-0.1, -0.05) is 33.6 Å². The highest BCUT2D eigenvalue weighted by molar-refractivity contribution is 9.10. The van der Waals surface area contributed by atoms with E-state index in [1.165, 1.54) is 16.7 Å². The summed E-state index contributed by atoms with van der Waals surface area (Å²) < 4.78 is 0.965. The number of rotatable bonds is 4. The molecule has 0 aliphatic heterocycles. The van der Waals surface area contributed by atoms with Crippen molar-refractivity contribution >= 4 is 27.4 Å². The van der Waals surface area contributed by atoms with Gasteiger partial charge in [-0.15, -0.1) is 0 Å². The number of anilines is 1. The summed E-state index contributed by atoms with van der Waals surface area (Å²) >= 11 is 3.36. The minimum absolute atomic E-state index is 0.0163. The van der Waals surface area contributed by atoms with E-state index in [2.05, 4.69) is 54.2 Å². The van der Waals surface area contributed by atoms with Crippen LogP contribution in [-0.4, -0.2) is 5.78 Å². The Morgan fingerprint density at radius 2 is 1.62 bits per heavy atom. The van der Waals surface area contributed by atoms with Crippen molar-refractivity contribution in [1.29, 1.82) is 0 Å². The first-order chi connectivity index (χ1) is 9.97. The number of ketones is 1. The van der Waals surface area contributed by atoms with Gasteiger partial charge >= 0.3 is 0 Å². The van der Waals surface area contributed by atoms with Crippen LogP contribution in [0.4, 0.5) is 5.69 Å². The standard InChI is InChI=1S/C18H18BrNO/c1-12-10-13(2)18(14(3)11-12)20-9-8-17(21)15-4-6-16(19)7-5-15/h4-11,20H,1-3H3/b9-8+. The van der Waals surface area contributed by atoms with Crippen LogP contribution in [0.15, 0.2) is 53.1 Å². The molecule has 0 radical (unpaired) electrons. The molecule has 0 unspecified atom stereocenters. The van der Waals surface area contributed by atoms with E-state index >= 15 is 0 Å². The molecule has 0 aliphatic rings.